The lowest BCUT2D eigenvalue weighted by Gasteiger charge is -2.05. The molecule has 2 aromatic rings. The molecule has 0 spiro atoms. The zero-order chi connectivity index (χ0) is 15.2. The van der Waals surface area contributed by atoms with Crippen LogP contribution in [0.3, 0.4) is 0 Å². The number of benzene rings is 2. The summed E-state index contributed by atoms with van der Waals surface area (Å²) in [7, 11) is 0. The highest BCUT2D eigenvalue weighted by Crippen LogP contribution is 2.12. The molecule has 108 valence electrons. The summed E-state index contributed by atoms with van der Waals surface area (Å²) >= 11 is 5.85. The quantitative estimate of drug-likeness (QED) is 0.669. The van der Waals surface area contributed by atoms with Crippen molar-refractivity contribution in [3.05, 3.63) is 64.7 Å². The molecule has 21 heavy (non-hydrogen) atoms. The van der Waals surface area contributed by atoms with Gasteiger partial charge in [0.05, 0.1) is 5.71 Å². The fourth-order valence-electron chi connectivity index (χ4n) is 1.79. The Balaban J connectivity index is 2.12. The van der Waals surface area contributed by atoms with Crippen LogP contribution in [0, 0.1) is 0 Å². The maximum absolute atomic E-state index is 11.9. The zero-order valence-electron chi connectivity index (χ0n) is 11.5. The minimum atomic E-state index is -0.324. The monoisotopic (exact) mass is 302 g/mol. The van der Waals surface area contributed by atoms with Gasteiger partial charge in [-0.25, -0.2) is 5.43 Å². The molecule has 0 radical (unpaired) electrons. The molecule has 0 saturated carbocycles. The Morgan fingerprint density at radius 2 is 1.67 bits per heavy atom. The molecule has 0 atom stereocenters. The third-order valence-corrected chi connectivity index (χ3v) is 3.19. The van der Waals surface area contributed by atoms with Gasteiger partial charge >= 0.3 is 0 Å². The molecular weight excluding hydrogens is 288 g/mol. The van der Waals surface area contributed by atoms with E-state index in [-0.39, 0.29) is 11.7 Å². The van der Waals surface area contributed by atoms with Gasteiger partial charge in [0.25, 0.3) is 5.91 Å². The highest BCUT2D eigenvalue weighted by molar-refractivity contribution is 6.30. The lowest BCUT2D eigenvalue weighted by molar-refractivity contribution is 0.0955. The van der Waals surface area contributed by atoms with Crippen molar-refractivity contribution in [2.75, 3.05) is 0 Å². The van der Waals surface area contributed by atoms with Crippen molar-refractivity contribution in [1.29, 1.82) is 0 Å². The van der Waals surface area contributed by atoms with Gasteiger partial charge in [0.15, 0.2) is 0 Å². The van der Waals surface area contributed by atoms with E-state index < -0.39 is 0 Å². The van der Waals surface area contributed by atoms with Gasteiger partial charge in [-0.2, -0.15) is 5.10 Å². The van der Waals surface area contributed by atoms with Crippen LogP contribution in [0.1, 0.15) is 29.3 Å². The lowest BCUT2D eigenvalue weighted by atomic mass is 10.1. The predicted octanol–water partition coefficient (Wildman–Crippen LogP) is 3.59. The molecule has 1 amide bonds. The molecule has 0 heterocycles. The van der Waals surface area contributed by atoms with E-state index in [9.17, 15) is 9.90 Å². The molecule has 0 fully saturated rings. The minimum absolute atomic E-state index is 0.116. The number of hydrogen-bond acceptors (Lipinski definition) is 3. The molecule has 4 nitrogen and oxygen atoms in total. The second-order valence-electron chi connectivity index (χ2n) is 4.41. The number of phenols is 1. The van der Waals surface area contributed by atoms with E-state index in [0.717, 1.165) is 11.3 Å². The third-order valence-electron chi connectivity index (χ3n) is 2.93. The van der Waals surface area contributed by atoms with Crippen LogP contribution in [0.5, 0.6) is 5.75 Å². The first kappa shape index (κ1) is 15.1. The Labute approximate surface area is 128 Å². The molecule has 0 aliphatic rings. The minimum Gasteiger partial charge on any atom is -0.508 e. The molecule has 2 N–H and O–H groups in total. The molecule has 0 aromatic heterocycles. The van der Waals surface area contributed by atoms with Crippen LogP contribution in [0.4, 0.5) is 0 Å². The smallest absolute Gasteiger partial charge is 0.271 e. The Kier molecular flexibility index (Phi) is 4.95. The van der Waals surface area contributed by atoms with E-state index in [1.165, 1.54) is 24.3 Å². The number of carbonyl (C=O) groups excluding carboxylic acids is 1. The zero-order valence-corrected chi connectivity index (χ0v) is 12.3. The number of nitrogens with one attached hydrogen (secondary N) is 1. The van der Waals surface area contributed by atoms with Gasteiger partial charge in [0.1, 0.15) is 5.75 Å². The van der Waals surface area contributed by atoms with Gasteiger partial charge < -0.3 is 5.11 Å². The molecule has 0 aliphatic carbocycles. The summed E-state index contributed by atoms with van der Waals surface area (Å²) in [5, 5.41) is 14.0. The van der Waals surface area contributed by atoms with Gasteiger partial charge in [-0.15, -0.1) is 0 Å². The average molecular weight is 303 g/mol. The van der Waals surface area contributed by atoms with Gasteiger partial charge in [-0.05, 0) is 48.4 Å². The molecule has 2 rings (SSSR count). The second-order valence-corrected chi connectivity index (χ2v) is 4.84. The fraction of sp³-hybridized carbons (Fsp3) is 0.125. The van der Waals surface area contributed by atoms with E-state index in [0.29, 0.717) is 17.0 Å². The average Bonchev–Trinajstić information content (AvgIpc) is 2.50. The number of hydrazone groups is 1. The van der Waals surface area contributed by atoms with Crippen LogP contribution in [0.15, 0.2) is 53.6 Å². The van der Waals surface area contributed by atoms with E-state index in [1.54, 1.807) is 12.1 Å². The summed E-state index contributed by atoms with van der Waals surface area (Å²) in [6, 6.07) is 13.3. The number of hydrogen-bond donors (Lipinski definition) is 2. The first-order valence-electron chi connectivity index (χ1n) is 6.52. The summed E-state index contributed by atoms with van der Waals surface area (Å²) in [6.07, 6.45) is 0.678. The highest BCUT2D eigenvalue weighted by atomic mass is 35.5. The van der Waals surface area contributed by atoms with Crippen LogP contribution in [-0.2, 0) is 0 Å². The fourth-order valence-corrected chi connectivity index (χ4v) is 1.91. The molecule has 0 aliphatic heterocycles. The Morgan fingerprint density at radius 1 is 1.10 bits per heavy atom. The molecule has 2 aromatic carbocycles. The van der Waals surface area contributed by atoms with Crippen molar-refractivity contribution < 1.29 is 9.90 Å². The van der Waals surface area contributed by atoms with Crippen molar-refractivity contribution >= 4 is 23.2 Å². The second kappa shape index (κ2) is 6.90. The lowest BCUT2D eigenvalue weighted by Crippen LogP contribution is -2.19. The SMILES string of the molecule is CC/C(=N\NC(=O)c1ccc(O)cc1)c1ccc(Cl)cc1. The van der Waals surface area contributed by atoms with Gasteiger partial charge in [0.2, 0.25) is 0 Å². The molecule has 5 heteroatoms. The van der Waals surface area contributed by atoms with Crippen molar-refractivity contribution in [1.82, 2.24) is 5.43 Å². The van der Waals surface area contributed by atoms with Gasteiger partial charge in [-0.1, -0.05) is 30.7 Å². The van der Waals surface area contributed by atoms with Gasteiger partial charge in [-0.3, -0.25) is 4.79 Å². The summed E-state index contributed by atoms with van der Waals surface area (Å²) in [5.74, 6) is -0.208. The first-order chi connectivity index (χ1) is 10.1. The number of nitrogens with zero attached hydrogens (tertiary/aromatic N) is 1. The van der Waals surface area contributed by atoms with Gasteiger partial charge in [0, 0.05) is 10.6 Å². The number of carbonyl (C=O) groups is 1. The van der Waals surface area contributed by atoms with E-state index in [2.05, 4.69) is 10.5 Å². The molecule has 0 unspecified atom stereocenters. The summed E-state index contributed by atoms with van der Waals surface area (Å²) in [6.45, 7) is 1.96. The highest BCUT2D eigenvalue weighted by Gasteiger charge is 2.06. The number of halogens is 1. The first-order valence-corrected chi connectivity index (χ1v) is 6.90. The maximum atomic E-state index is 11.9. The Hall–Kier alpha value is -2.33. The maximum Gasteiger partial charge on any atom is 0.271 e. The van der Waals surface area contributed by atoms with Crippen molar-refractivity contribution in [3.8, 4) is 5.75 Å². The van der Waals surface area contributed by atoms with Crippen molar-refractivity contribution in [3.63, 3.8) is 0 Å². The normalized spacial score (nSPS) is 11.2. The largest absolute Gasteiger partial charge is 0.508 e. The van der Waals surface area contributed by atoms with Crippen LogP contribution < -0.4 is 5.43 Å². The Morgan fingerprint density at radius 3 is 2.24 bits per heavy atom. The summed E-state index contributed by atoms with van der Waals surface area (Å²) in [5.41, 5.74) is 4.62. The molecular formula is C16H15ClN2O2. The standard InChI is InChI=1S/C16H15ClN2O2/c1-2-15(11-3-7-13(17)8-4-11)18-19-16(21)12-5-9-14(20)10-6-12/h3-10,20H,2H2,1H3,(H,19,21)/b18-15+. The number of rotatable bonds is 4. The number of phenolic OH excluding ortho intramolecular Hbond substituents is 1. The number of aromatic hydroxyl groups is 1. The Bertz CT molecular complexity index is 649. The summed E-state index contributed by atoms with van der Waals surface area (Å²) in [4.78, 5) is 11.9. The predicted molar refractivity (Wildman–Crippen MR) is 83.9 cm³/mol. The molecule has 0 bridgehead atoms. The topological polar surface area (TPSA) is 61.7 Å². The van der Waals surface area contributed by atoms with E-state index in [1.807, 2.05) is 19.1 Å². The van der Waals surface area contributed by atoms with Crippen LogP contribution in [0.2, 0.25) is 5.02 Å². The van der Waals surface area contributed by atoms with E-state index in [4.69, 9.17) is 11.6 Å². The van der Waals surface area contributed by atoms with Crippen LogP contribution >= 0.6 is 11.6 Å². The van der Waals surface area contributed by atoms with Crippen LogP contribution in [-0.4, -0.2) is 16.7 Å². The number of amides is 1. The third kappa shape index (κ3) is 4.07. The van der Waals surface area contributed by atoms with E-state index >= 15 is 0 Å². The van der Waals surface area contributed by atoms with Crippen LogP contribution in [0.25, 0.3) is 0 Å². The summed E-state index contributed by atoms with van der Waals surface area (Å²) < 4.78 is 0. The van der Waals surface area contributed by atoms with Crippen molar-refractivity contribution in [2.45, 2.75) is 13.3 Å². The molecule has 0 saturated heterocycles. The van der Waals surface area contributed by atoms with Crippen molar-refractivity contribution in [2.24, 2.45) is 5.10 Å².